The van der Waals surface area contributed by atoms with Gasteiger partial charge in [-0.3, -0.25) is 4.79 Å². The molecule has 1 amide bonds. The van der Waals surface area contributed by atoms with E-state index >= 15 is 0 Å². The standard InChI is InChI=1S/C12H18N2O3/c1-8(2)6-13-10(15)7-14-5-4-9(3)11(14)12(16)17/h4-5,8H,6-7H2,1-3H3,(H,13,15)(H,16,17). The minimum atomic E-state index is -1.01. The number of aromatic nitrogens is 1. The first-order chi connectivity index (χ1) is 7.91. The maximum atomic E-state index is 11.6. The lowest BCUT2D eigenvalue weighted by Gasteiger charge is -2.09. The molecule has 0 aliphatic heterocycles. The minimum absolute atomic E-state index is 0.0438. The molecular weight excluding hydrogens is 220 g/mol. The van der Waals surface area contributed by atoms with Crippen molar-refractivity contribution in [2.75, 3.05) is 6.54 Å². The summed E-state index contributed by atoms with van der Waals surface area (Å²) >= 11 is 0. The normalized spacial score (nSPS) is 10.6. The molecular formula is C12H18N2O3. The van der Waals surface area contributed by atoms with Crippen LogP contribution in [0.15, 0.2) is 12.3 Å². The van der Waals surface area contributed by atoms with Crippen molar-refractivity contribution in [1.29, 1.82) is 0 Å². The van der Waals surface area contributed by atoms with Crippen LogP contribution in [0.4, 0.5) is 0 Å². The van der Waals surface area contributed by atoms with Crippen LogP contribution in [0.2, 0.25) is 0 Å². The van der Waals surface area contributed by atoms with Gasteiger partial charge < -0.3 is 15.0 Å². The number of hydrogen-bond donors (Lipinski definition) is 2. The molecule has 0 aromatic carbocycles. The second-order valence-electron chi connectivity index (χ2n) is 4.48. The lowest BCUT2D eigenvalue weighted by Crippen LogP contribution is -2.31. The summed E-state index contributed by atoms with van der Waals surface area (Å²) in [5.74, 6) is -0.801. The van der Waals surface area contributed by atoms with Crippen molar-refractivity contribution in [3.8, 4) is 0 Å². The van der Waals surface area contributed by atoms with E-state index in [9.17, 15) is 9.59 Å². The highest BCUT2D eigenvalue weighted by Crippen LogP contribution is 2.09. The zero-order valence-corrected chi connectivity index (χ0v) is 10.4. The molecule has 5 nitrogen and oxygen atoms in total. The Morgan fingerprint density at radius 1 is 1.47 bits per heavy atom. The van der Waals surface area contributed by atoms with Crippen LogP contribution in [-0.2, 0) is 11.3 Å². The maximum Gasteiger partial charge on any atom is 0.352 e. The Morgan fingerprint density at radius 2 is 2.12 bits per heavy atom. The highest BCUT2D eigenvalue weighted by Gasteiger charge is 2.15. The highest BCUT2D eigenvalue weighted by molar-refractivity contribution is 5.88. The second kappa shape index (κ2) is 5.52. The van der Waals surface area contributed by atoms with Gasteiger partial charge in [0.25, 0.3) is 0 Å². The van der Waals surface area contributed by atoms with Gasteiger partial charge in [-0.2, -0.15) is 0 Å². The summed E-state index contributed by atoms with van der Waals surface area (Å²) < 4.78 is 1.45. The number of aromatic carboxylic acids is 1. The smallest absolute Gasteiger partial charge is 0.352 e. The molecule has 5 heteroatoms. The average Bonchev–Trinajstić information content (AvgIpc) is 2.56. The van der Waals surface area contributed by atoms with Crippen LogP contribution in [0.5, 0.6) is 0 Å². The van der Waals surface area contributed by atoms with E-state index in [-0.39, 0.29) is 18.1 Å². The van der Waals surface area contributed by atoms with E-state index in [1.165, 1.54) is 4.57 Å². The van der Waals surface area contributed by atoms with E-state index in [0.717, 1.165) is 0 Å². The number of carboxylic acid groups (broad SMARTS) is 1. The summed E-state index contributed by atoms with van der Waals surface area (Å²) in [4.78, 5) is 22.6. The van der Waals surface area contributed by atoms with Gasteiger partial charge in [-0.25, -0.2) is 4.79 Å². The third-order valence-corrected chi connectivity index (χ3v) is 2.39. The van der Waals surface area contributed by atoms with Gasteiger partial charge in [-0.05, 0) is 24.5 Å². The molecule has 1 aromatic rings. The zero-order chi connectivity index (χ0) is 13.0. The van der Waals surface area contributed by atoms with Crippen molar-refractivity contribution in [1.82, 2.24) is 9.88 Å². The first-order valence-corrected chi connectivity index (χ1v) is 5.57. The molecule has 17 heavy (non-hydrogen) atoms. The van der Waals surface area contributed by atoms with Crippen LogP contribution >= 0.6 is 0 Å². The highest BCUT2D eigenvalue weighted by atomic mass is 16.4. The lowest BCUT2D eigenvalue weighted by atomic mass is 10.2. The molecule has 0 saturated heterocycles. The molecule has 0 aliphatic rings. The Labute approximate surface area is 100 Å². The van der Waals surface area contributed by atoms with Gasteiger partial charge in [0, 0.05) is 12.7 Å². The third kappa shape index (κ3) is 3.62. The van der Waals surface area contributed by atoms with Gasteiger partial charge in [0.15, 0.2) is 0 Å². The molecule has 94 valence electrons. The van der Waals surface area contributed by atoms with Gasteiger partial charge in [-0.15, -0.1) is 0 Å². The number of nitrogens with one attached hydrogen (secondary N) is 1. The van der Waals surface area contributed by atoms with Gasteiger partial charge in [0.05, 0.1) is 0 Å². The molecule has 0 bridgehead atoms. The summed E-state index contributed by atoms with van der Waals surface area (Å²) in [6.45, 7) is 6.36. The zero-order valence-electron chi connectivity index (χ0n) is 10.4. The Hall–Kier alpha value is -1.78. The van der Waals surface area contributed by atoms with E-state index in [4.69, 9.17) is 5.11 Å². The monoisotopic (exact) mass is 238 g/mol. The van der Waals surface area contributed by atoms with Gasteiger partial charge >= 0.3 is 5.97 Å². The fourth-order valence-corrected chi connectivity index (χ4v) is 1.53. The van der Waals surface area contributed by atoms with Crippen LogP contribution in [0.3, 0.4) is 0 Å². The number of amides is 1. The van der Waals surface area contributed by atoms with Crippen LogP contribution in [0.1, 0.15) is 29.9 Å². The van der Waals surface area contributed by atoms with Crippen LogP contribution in [-0.4, -0.2) is 28.1 Å². The number of carbonyl (C=O) groups excluding carboxylic acids is 1. The summed E-state index contributed by atoms with van der Waals surface area (Å²) in [5, 5.41) is 11.8. The van der Waals surface area contributed by atoms with Crippen LogP contribution in [0, 0.1) is 12.8 Å². The third-order valence-electron chi connectivity index (χ3n) is 2.39. The molecule has 0 saturated carbocycles. The summed E-state index contributed by atoms with van der Waals surface area (Å²) in [7, 11) is 0. The van der Waals surface area contributed by atoms with E-state index in [2.05, 4.69) is 5.32 Å². The largest absolute Gasteiger partial charge is 0.477 e. The number of nitrogens with zero attached hydrogens (tertiary/aromatic N) is 1. The van der Waals surface area contributed by atoms with Gasteiger partial charge in [0.1, 0.15) is 12.2 Å². The maximum absolute atomic E-state index is 11.6. The molecule has 1 heterocycles. The Kier molecular flexibility index (Phi) is 4.31. The van der Waals surface area contributed by atoms with Crippen molar-refractivity contribution in [2.45, 2.75) is 27.3 Å². The topological polar surface area (TPSA) is 71.3 Å². The molecule has 0 aliphatic carbocycles. The van der Waals surface area contributed by atoms with Gasteiger partial charge in [-0.1, -0.05) is 13.8 Å². The number of aryl methyl sites for hydroxylation is 1. The first-order valence-electron chi connectivity index (χ1n) is 5.57. The molecule has 0 atom stereocenters. The number of carboxylic acids is 1. The number of hydrogen-bond acceptors (Lipinski definition) is 2. The Morgan fingerprint density at radius 3 is 2.65 bits per heavy atom. The van der Waals surface area contributed by atoms with Crippen molar-refractivity contribution in [2.24, 2.45) is 5.92 Å². The molecule has 2 N–H and O–H groups in total. The fourth-order valence-electron chi connectivity index (χ4n) is 1.53. The van der Waals surface area contributed by atoms with E-state index < -0.39 is 5.97 Å². The lowest BCUT2D eigenvalue weighted by molar-refractivity contribution is -0.121. The molecule has 1 rings (SSSR count). The predicted octanol–water partition coefficient (Wildman–Crippen LogP) is 1.27. The first kappa shape index (κ1) is 13.3. The molecule has 0 fully saturated rings. The van der Waals surface area contributed by atoms with Crippen LogP contribution in [0.25, 0.3) is 0 Å². The summed E-state index contributed by atoms with van der Waals surface area (Å²) in [6, 6.07) is 1.69. The fraction of sp³-hybridized carbons (Fsp3) is 0.500. The quantitative estimate of drug-likeness (QED) is 0.811. The number of rotatable bonds is 5. The van der Waals surface area contributed by atoms with Crippen molar-refractivity contribution in [3.05, 3.63) is 23.5 Å². The molecule has 1 aromatic heterocycles. The Bertz CT molecular complexity index is 421. The van der Waals surface area contributed by atoms with Crippen molar-refractivity contribution in [3.63, 3.8) is 0 Å². The average molecular weight is 238 g/mol. The summed E-state index contributed by atoms with van der Waals surface area (Å²) in [5.41, 5.74) is 0.832. The molecule has 0 radical (unpaired) electrons. The minimum Gasteiger partial charge on any atom is -0.477 e. The second-order valence-corrected chi connectivity index (χ2v) is 4.48. The SMILES string of the molecule is Cc1ccn(CC(=O)NCC(C)C)c1C(=O)O. The van der Waals surface area contributed by atoms with E-state index in [0.29, 0.717) is 18.0 Å². The molecule has 0 spiro atoms. The van der Waals surface area contributed by atoms with E-state index in [1.54, 1.807) is 19.2 Å². The van der Waals surface area contributed by atoms with Crippen molar-refractivity contribution < 1.29 is 14.7 Å². The van der Waals surface area contributed by atoms with Crippen molar-refractivity contribution >= 4 is 11.9 Å². The number of carbonyl (C=O) groups is 2. The Balaban J connectivity index is 2.69. The molecule has 0 unspecified atom stereocenters. The van der Waals surface area contributed by atoms with Crippen LogP contribution < -0.4 is 5.32 Å². The van der Waals surface area contributed by atoms with E-state index in [1.807, 2.05) is 13.8 Å². The predicted molar refractivity (Wildman–Crippen MR) is 64.0 cm³/mol. The summed E-state index contributed by atoms with van der Waals surface area (Å²) in [6.07, 6.45) is 1.62. The van der Waals surface area contributed by atoms with Gasteiger partial charge in [0.2, 0.25) is 5.91 Å².